The molecule has 0 bridgehead atoms. The average Bonchev–Trinajstić information content (AvgIpc) is 2.54. The molecule has 1 atom stereocenters. The Morgan fingerprint density at radius 1 is 1.10 bits per heavy atom. The van der Waals surface area contributed by atoms with E-state index in [0.29, 0.717) is 6.04 Å². The molecule has 2 aromatic rings. The highest BCUT2D eigenvalue weighted by atomic mass is 14.9. The van der Waals surface area contributed by atoms with Crippen LogP contribution in [0.2, 0.25) is 0 Å². The maximum Gasteiger partial charge on any atom is 0.0451 e. The first-order valence-electron chi connectivity index (χ1n) is 7.74. The summed E-state index contributed by atoms with van der Waals surface area (Å²) in [6.45, 7) is 1.87. The maximum atomic E-state index is 4.51. The minimum atomic E-state index is 0.546. The lowest BCUT2D eigenvalue weighted by molar-refractivity contribution is 0.452. The summed E-state index contributed by atoms with van der Waals surface area (Å²) in [6, 6.07) is 13.6. The van der Waals surface area contributed by atoms with E-state index in [9.17, 15) is 0 Å². The zero-order chi connectivity index (χ0) is 14.5. The van der Waals surface area contributed by atoms with Crippen molar-refractivity contribution in [1.29, 1.82) is 0 Å². The highest BCUT2D eigenvalue weighted by Crippen LogP contribution is 2.19. The van der Waals surface area contributed by atoms with Gasteiger partial charge in [-0.1, -0.05) is 30.3 Å². The van der Waals surface area contributed by atoms with Crippen LogP contribution in [-0.2, 0) is 25.9 Å². The number of nitrogens with zero attached hydrogens (tertiary/aromatic N) is 1. The molecule has 1 aromatic carbocycles. The Morgan fingerprint density at radius 3 is 2.62 bits per heavy atom. The highest BCUT2D eigenvalue weighted by Gasteiger charge is 2.18. The molecule has 1 heterocycles. The third kappa shape index (κ3) is 3.69. The summed E-state index contributed by atoms with van der Waals surface area (Å²) in [5.41, 5.74) is 5.37. The van der Waals surface area contributed by atoms with E-state index in [0.717, 1.165) is 25.9 Å². The minimum Gasteiger partial charge on any atom is -0.316 e. The van der Waals surface area contributed by atoms with E-state index in [2.05, 4.69) is 45.9 Å². The monoisotopic (exact) mass is 281 g/mol. The lowest BCUT2D eigenvalue weighted by atomic mass is 9.92. The van der Waals surface area contributed by atoms with Gasteiger partial charge in [-0.2, -0.15) is 0 Å². The molecule has 0 fully saturated rings. The predicted molar refractivity (Wildman–Crippen MR) is 86.1 cm³/mol. The molecule has 0 spiro atoms. The first-order chi connectivity index (χ1) is 10.3. The molecule has 3 nitrogen and oxygen atoms in total. The number of benzene rings is 1. The van der Waals surface area contributed by atoms with Crippen molar-refractivity contribution in [2.24, 2.45) is 0 Å². The zero-order valence-corrected chi connectivity index (χ0v) is 12.6. The molecule has 3 heteroatoms. The predicted octanol–water partition coefficient (Wildman–Crippen LogP) is 2.45. The molecular formula is C18H23N3. The van der Waals surface area contributed by atoms with Crippen molar-refractivity contribution >= 4 is 0 Å². The third-order valence-corrected chi connectivity index (χ3v) is 4.19. The van der Waals surface area contributed by atoms with E-state index < -0.39 is 0 Å². The quantitative estimate of drug-likeness (QED) is 0.884. The Hall–Kier alpha value is -1.71. The van der Waals surface area contributed by atoms with Crippen molar-refractivity contribution in [2.45, 2.75) is 38.4 Å². The van der Waals surface area contributed by atoms with Gasteiger partial charge in [0.05, 0.1) is 0 Å². The highest BCUT2D eigenvalue weighted by molar-refractivity contribution is 5.25. The Morgan fingerprint density at radius 2 is 1.86 bits per heavy atom. The van der Waals surface area contributed by atoms with Crippen molar-refractivity contribution in [1.82, 2.24) is 15.6 Å². The Labute approximate surface area is 126 Å². The number of hydrogen-bond acceptors (Lipinski definition) is 3. The molecule has 0 saturated heterocycles. The molecule has 3 rings (SSSR count). The first-order valence-corrected chi connectivity index (χ1v) is 7.74. The molecule has 0 saturated carbocycles. The minimum absolute atomic E-state index is 0.546. The SMILES string of the molecule is CNCc1ccc(CNC2CCc3cccnc3C2)cc1. The summed E-state index contributed by atoms with van der Waals surface area (Å²) in [7, 11) is 1.98. The molecular weight excluding hydrogens is 258 g/mol. The normalized spacial score (nSPS) is 17.5. The second kappa shape index (κ2) is 6.83. The van der Waals surface area contributed by atoms with Gasteiger partial charge in [0, 0.05) is 37.4 Å². The van der Waals surface area contributed by atoms with E-state index in [-0.39, 0.29) is 0 Å². The van der Waals surface area contributed by atoms with Gasteiger partial charge in [0.15, 0.2) is 0 Å². The molecule has 0 amide bonds. The second-order valence-corrected chi connectivity index (χ2v) is 5.78. The van der Waals surface area contributed by atoms with Crippen molar-refractivity contribution in [3.63, 3.8) is 0 Å². The third-order valence-electron chi connectivity index (χ3n) is 4.19. The fraction of sp³-hybridized carbons (Fsp3) is 0.389. The average molecular weight is 281 g/mol. The summed E-state index contributed by atoms with van der Waals surface area (Å²) < 4.78 is 0. The van der Waals surface area contributed by atoms with Crippen LogP contribution in [0.5, 0.6) is 0 Å². The second-order valence-electron chi connectivity index (χ2n) is 5.78. The topological polar surface area (TPSA) is 37.0 Å². The fourth-order valence-corrected chi connectivity index (χ4v) is 2.96. The van der Waals surface area contributed by atoms with Crippen molar-refractivity contribution < 1.29 is 0 Å². The molecule has 110 valence electrons. The van der Waals surface area contributed by atoms with E-state index in [1.165, 1.54) is 28.8 Å². The van der Waals surface area contributed by atoms with Crippen molar-refractivity contribution in [3.8, 4) is 0 Å². The van der Waals surface area contributed by atoms with Crippen LogP contribution in [0, 0.1) is 0 Å². The molecule has 1 aliphatic carbocycles. The van der Waals surface area contributed by atoms with Gasteiger partial charge in [0.2, 0.25) is 0 Å². The lowest BCUT2D eigenvalue weighted by Crippen LogP contribution is -2.34. The van der Waals surface area contributed by atoms with Crippen molar-refractivity contribution in [3.05, 3.63) is 65.0 Å². The number of aryl methyl sites for hydroxylation is 1. The smallest absolute Gasteiger partial charge is 0.0451 e. The number of hydrogen-bond donors (Lipinski definition) is 2. The number of pyridine rings is 1. The van der Waals surface area contributed by atoms with Gasteiger partial charge >= 0.3 is 0 Å². The van der Waals surface area contributed by atoms with Gasteiger partial charge in [0.25, 0.3) is 0 Å². The summed E-state index contributed by atoms with van der Waals surface area (Å²) >= 11 is 0. The zero-order valence-electron chi connectivity index (χ0n) is 12.6. The molecule has 2 N–H and O–H groups in total. The Bertz CT molecular complexity index is 577. The van der Waals surface area contributed by atoms with E-state index in [1.807, 2.05) is 19.3 Å². The van der Waals surface area contributed by atoms with Crippen molar-refractivity contribution in [2.75, 3.05) is 7.05 Å². The maximum absolute atomic E-state index is 4.51. The van der Waals surface area contributed by atoms with Crippen LogP contribution in [-0.4, -0.2) is 18.1 Å². The Balaban J connectivity index is 1.54. The van der Waals surface area contributed by atoms with Crippen LogP contribution in [0.1, 0.15) is 28.8 Å². The summed E-state index contributed by atoms with van der Waals surface area (Å²) in [4.78, 5) is 4.51. The van der Waals surface area contributed by atoms with Crippen LogP contribution >= 0.6 is 0 Å². The summed E-state index contributed by atoms with van der Waals surface area (Å²) in [6.07, 6.45) is 5.30. The molecule has 0 radical (unpaired) electrons. The van der Waals surface area contributed by atoms with E-state index >= 15 is 0 Å². The van der Waals surface area contributed by atoms with Crippen LogP contribution in [0.4, 0.5) is 0 Å². The van der Waals surface area contributed by atoms with Gasteiger partial charge < -0.3 is 10.6 Å². The standard InChI is InChI=1S/C18H23N3/c1-19-12-14-4-6-15(7-5-14)13-21-17-9-8-16-3-2-10-20-18(16)11-17/h2-7,10,17,19,21H,8-9,11-13H2,1H3. The van der Waals surface area contributed by atoms with E-state index in [1.54, 1.807) is 0 Å². The fourth-order valence-electron chi connectivity index (χ4n) is 2.96. The first kappa shape index (κ1) is 14.2. The van der Waals surface area contributed by atoms with Gasteiger partial charge in [-0.3, -0.25) is 4.98 Å². The number of aromatic nitrogens is 1. The number of rotatable bonds is 5. The van der Waals surface area contributed by atoms with E-state index in [4.69, 9.17) is 0 Å². The number of nitrogens with one attached hydrogen (secondary N) is 2. The molecule has 1 aliphatic rings. The van der Waals surface area contributed by atoms with Crippen LogP contribution in [0.25, 0.3) is 0 Å². The largest absolute Gasteiger partial charge is 0.316 e. The van der Waals surface area contributed by atoms with Crippen LogP contribution in [0.3, 0.4) is 0 Å². The van der Waals surface area contributed by atoms with Gasteiger partial charge in [-0.15, -0.1) is 0 Å². The van der Waals surface area contributed by atoms with Crippen LogP contribution in [0.15, 0.2) is 42.6 Å². The number of fused-ring (bicyclic) bond motifs is 1. The van der Waals surface area contributed by atoms with Gasteiger partial charge in [0.1, 0.15) is 0 Å². The molecule has 1 unspecified atom stereocenters. The summed E-state index contributed by atoms with van der Waals surface area (Å²) in [5.74, 6) is 0. The Kier molecular flexibility index (Phi) is 4.63. The van der Waals surface area contributed by atoms with Gasteiger partial charge in [-0.25, -0.2) is 0 Å². The van der Waals surface area contributed by atoms with Gasteiger partial charge in [-0.05, 0) is 42.6 Å². The molecule has 0 aliphatic heterocycles. The summed E-state index contributed by atoms with van der Waals surface area (Å²) in [5, 5.41) is 6.85. The molecule has 1 aromatic heterocycles. The van der Waals surface area contributed by atoms with Crippen LogP contribution < -0.4 is 10.6 Å². The molecule has 21 heavy (non-hydrogen) atoms. The lowest BCUT2D eigenvalue weighted by Gasteiger charge is -2.24.